The second-order valence-electron chi connectivity index (χ2n) is 4.93. The first-order valence-electron chi connectivity index (χ1n) is 6.73. The predicted octanol–water partition coefficient (Wildman–Crippen LogP) is 5.39. The third kappa shape index (κ3) is 3.13. The maximum Gasteiger partial charge on any atom is 0.134 e. The van der Waals surface area contributed by atoms with Crippen LogP contribution >= 0.6 is 34.5 Å². The molecule has 1 heterocycles. The Morgan fingerprint density at radius 2 is 2.10 bits per heavy atom. The van der Waals surface area contributed by atoms with E-state index >= 15 is 0 Å². The zero-order valence-corrected chi connectivity index (χ0v) is 13.5. The summed E-state index contributed by atoms with van der Waals surface area (Å²) in [5.74, 6) is 0. The number of benzene rings is 1. The van der Waals surface area contributed by atoms with Gasteiger partial charge in [0.25, 0.3) is 0 Å². The van der Waals surface area contributed by atoms with Crippen molar-refractivity contribution in [2.24, 2.45) is 0 Å². The molecule has 2 aromatic rings. The number of nitrogens with zero attached hydrogens (tertiary/aromatic N) is 2. The molecule has 0 spiro atoms. The Morgan fingerprint density at radius 3 is 2.81 bits per heavy atom. The highest BCUT2D eigenvalue weighted by atomic mass is 35.5. The molecular formula is C16H12Cl2N2S. The van der Waals surface area contributed by atoms with Crippen LogP contribution in [-0.4, -0.2) is 4.98 Å². The van der Waals surface area contributed by atoms with Crippen LogP contribution in [0.25, 0.3) is 11.6 Å². The van der Waals surface area contributed by atoms with Crippen LogP contribution in [0.15, 0.2) is 18.2 Å². The van der Waals surface area contributed by atoms with Crippen molar-refractivity contribution in [3.8, 4) is 6.07 Å². The van der Waals surface area contributed by atoms with Gasteiger partial charge in [-0.1, -0.05) is 29.3 Å². The molecule has 0 unspecified atom stereocenters. The molecule has 21 heavy (non-hydrogen) atoms. The van der Waals surface area contributed by atoms with Gasteiger partial charge in [0.2, 0.25) is 0 Å². The maximum absolute atomic E-state index is 9.43. The van der Waals surface area contributed by atoms with Gasteiger partial charge in [0.05, 0.1) is 11.3 Å². The lowest BCUT2D eigenvalue weighted by molar-refractivity contribution is 0.682. The van der Waals surface area contributed by atoms with Gasteiger partial charge in [0.15, 0.2) is 0 Å². The fraction of sp³-hybridized carbons (Fsp3) is 0.250. The smallest absolute Gasteiger partial charge is 0.134 e. The van der Waals surface area contributed by atoms with E-state index < -0.39 is 0 Å². The molecule has 106 valence electrons. The van der Waals surface area contributed by atoms with Crippen molar-refractivity contribution in [2.45, 2.75) is 25.7 Å². The molecule has 0 amide bonds. The van der Waals surface area contributed by atoms with Gasteiger partial charge in [-0.3, -0.25) is 0 Å². The largest absolute Gasteiger partial charge is 0.240 e. The quantitative estimate of drug-likeness (QED) is 0.690. The Kier molecular flexibility index (Phi) is 4.30. The molecule has 0 N–H and O–H groups in total. The predicted molar refractivity (Wildman–Crippen MR) is 88.7 cm³/mol. The number of rotatable bonds is 2. The third-order valence-electron chi connectivity index (χ3n) is 3.46. The lowest BCUT2D eigenvalue weighted by atomic mass is 10.0. The van der Waals surface area contributed by atoms with Crippen LogP contribution in [0.4, 0.5) is 0 Å². The van der Waals surface area contributed by atoms with E-state index in [1.807, 2.05) is 6.07 Å². The molecule has 1 aliphatic carbocycles. The summed E-state index contributed by atoms with van der Waals surface area (Å²) in [5, 5.41) is 11.3. The second kappa shape index (κ2) is 6.19. The minimum absolute atomic E-state index is 0.538. The summed E-state index contributed by atoms with van der Waals surface area (Å²) in [6.45, 7) is 0. The number of aryl methyl sites for hydroxylation is 2. The van der Waals surface area contributed by atoms with Gasteiger partial charge in [-0.2, -0.15) is 5.26 Å². The first-order chi connectivity index (χ1) is 10.2. The second-order valence-corrected chi connectivity index (χ2v) is 6.86. The molecule has 3 rings (SSSR count). The fourth-order valence-corrected chi connectivity index (χ4v) is 3.96. The van der Waals surface area contributed by atoms with Crippen molar-refractivity contribution in [1.29, 1.82) is 5.26 Å². The van der Waals surface area contributed by atoms with Gasteiger partial charge in [0, 0.05) is 14.9 Å². The van der Waals surface area contributed by atoms with Crippen LogP contribution in [0.1, 0.15) is 34.0 Å². The van der Waals surface area contributed by atoms with Crippen molar-refractivity contribution in [1.82, 2.24) is 4.98 Å². The minimum Gasteiger partial charge on any atom is -0.240 e. The maximum atomic E-state index is 9.43. The zero-order valence-electron chi connectivity index (χ0n) is 11.2. The van der Waals surface area contributed by atoms with E-state index in [1.54, 1.807) is 29.5 Å². The van der Waals surface area contributed by atoms with Crippen LogP contribution in [-0.2, 0) is 12.8 Å². The van der Waals surface area contributed by atoms with E-state index in [4.69, 9.17) is 23.2 Å². The Labute approximate surface area is 137 Å². The lowest BCUT2D eigenvalue weighted by Gasteiger charge is -2.06. The third-order valence-corrected chi connectivity index (χ3v) is 5.21. The zero-order chi connectivity index (χ0) is 14.8. The van der Waals surface area contributed by atoms with Crippen molar-refractivity contribution in [2.75, 3.05) is 0 Å². The van der Waals surface area contributed by atoms with Gasteiger partial charge in [-0.25, -0.2) is 4.98 Å². The van der Waals surface area contributed by atoms with Crippen molar-refractivity contribution in [3.05, 3.63) is 49.4 Å². The highest BCUT2D eigenvalue weighted by molar-refractivity contribution is 7.13. The van der Waals surface area contributed by atoms with Gasteiger partial charge < -0.3 is 0 Å². The standard InChI is InChI=1S/C16H12Cl2N2S/c17-12-6-5-10(13(18)8-12)7-11(9-19)16-20-14-3-1-2-4-15(14)21-16/h5-8H,1-4H2/b11-7-. The molecule has 1 aliphatic rings. The monoisotopic (exact) mass is 334 g/mol. The van der Waals surface area contributed by atoms with Crippen LogP contribution < -0.4 is 0 Å². The van der Waals surface area contributed by atoms with E-state index in [0.717, 1.165) is 29.1 Å². The van der Waals surface area contributed by atoms with Gasteiger partial charge in [-0.15, -0.1) is 11.3 Å². The highest BCUT2D eigenvalue weighted by Gasteiger charge is 2.17. The lowest BCUT2D eigenvalue weighted by Crippen LogP contribution is -1.99. The summed E-state index contributed by atoms with van der Waals surface area (Å²) in [6.07, 6.45) is 6.27. The Balaban J connectivity index is 2.00. The van der Waals surface area contributed by atoms with Gasteiger partial charge in [0.1, 0.15) is 11.1 Å². The summed E-state index contributed by atoms with van der Waals surface area (Å²) in [5.41, 5.74) is 2.49. The Hall–Kier alpha value is -1.34. The number of thiazole rings is 1. The number of halogens is 2. The SMILES string of the molecule is N#C/C(=C/c1ccc(Cl)cc1Cl)c1nc2c(s1)CCCC2. The minimum atomic E-state index is 0.538. The number of hydrogen-bond donors (Lipinski definition) is 0. The van der Waals surface area contributed by atoms with Crippen LogP contribution in [0.5, 0.6) is 0 Å². The molecule has 0 saturated heterocycles. The summed E-state index contributed by atoms with van der Waals surface area (Å²) in [6, 6.07) is 7.49. The highest BCUT2D eigenvalue weighted by Crippen LogP contribution is 2.32. The number of nitriles is 1. The summed E-state index contributed by atoms with van der Waals surface area (Å²) >= 11 is 13.7. The summed E-state index contributed by atoms with van der Waals surface area (Å²) in [7, 11) is 0. The van der Waals surface area contributed by atoms with Crippen molar-refractivity contribution >= 4 is 46.2 Å². The molecule has 0 saturated carbocycles. The van der Waals surface area contributed by atoms with Gasteiger partial charge >= 0.3 is 0 Å². The molecule has 0 bridgehead atoms. The summed E-state index contributed by atoms with van der Waals surface area (Å²) < 4.78 is 0. The van der Waals surface area contributed by atoms with E-state index in [9.17, 15) is 5.26 Å². The fourth-order valence-electron chi connectivity index (χ4n) is 2.38. The average Bonchev–Trinajstić information content (AvgIpc) is 2.90. The molecule has 1 aromatic carbocycles. The molecule has 0 aliphatic heterocycles. The van der Waals surface area contributed by atoms with E-state index in [1.165, 1.54) is 17.7 Å². The Morgan fingerprint density at radius 1 is 1.29 bits per heavy atom. The molecular weight excluding hydrogens is 323 g/mol. The van der Waals surface area contributed by atoms with Crippen LogP contribution in [0, 0.1) is 11.3 Å². The number of aromatic nitrogens is 1. The van der Waals surface area contributed by atoms with Crippen molar-refractivity contribution in [3.63, 3.8) is 0 Å². The van der Waals surface area contributed by atoms with E-state index in [-0.39, 0.29) is 0 Å². The summed E-state index contributed by atoms with van der Waals surface area (Å²) in [4.78, 5) is 5.94. The first-order valence-corrected chi connectivity index (χ1v) is 8.30. The molecule has 5 heteroatoms. The Bertz CT molecular complexity index is 733. The van der Waals surface area contributed by atoms with Crippen LogP contribution in [0.2, 0.25) is 10.0 Å². The van der Waals surface area contributed by atoms with Gasteiger partial charge in [-0.05, 0) is 49.5 Å². The van der Waals surface area contributed by atoms with E-state index in [2.05, 4.69) is 11.1 Å². The molecule has 2 nitrogen and oxygen atoms in total. The normalized spacial score (nSPS) is 14.6. The van der Waals surface area contributed by atoms with Crippen LogP contribution in [0.3, 0.4) is 0 Å². The average molecular weight is 335 g/mol. The molecule has 0 fully saturated rings. The molecule has 0 radical (unpaired) electrons. The topological polar surface area (TPSA) is 36.7 Å². The first kappa shape index (κ1) is 14.6. The van der Waals surface area contributed by atoms with E-state index in [0.29, 0.717) is 15.6 Å². The molecule has 1 aromatic heterocycles. The molecule has 0 atom stereocenters. The number of hydrogen-bond acceptors (Lipinski definition) is 3. The number of fused-ring (bicyclic) bond motifs is 1. The van der Waals surface area contributed by atoms with Crippen molar-refractivity contribution < 1.29 is 0 Å². The number of allylic oxidation sites excluding steroid dienone is 1.